The van der Waals surface area contributed by atoms with Crippen LogP contribution in [0.5, 0.6) is 0 Å². The van der Waals surface area contributed by atoms with E-state index in [0.717, 1.165) is 15.6 Å². The molecule has 0 fully saturated rings. The molecule has 100 valence electrons. The zero-order chi connectivity index (χ0) is 13.8. The second-order valence-corrected chi connectivity index (χ2v) is 4.99. The minimum absolute atomic E-state index is 0.105. The number of aliphatic carboxylic acids is 1. The van der Waals surface area contributed by atoms with Gasteiger partial charge in [-0.1, -0.05) is 18.2 Å². The number of carbonyl (C=O) groups is 2. The van der Waals surface area contributed by atoms with Gasteiger partial charge in [0, 0.05) is 4.70 Å². The first-order valence-corrected chi connectivity index (χ1v) is 6.58. The highest BCUT2D eigenvalue weighted by molar-refractivity contribution is 7.17. The van der Waals surface area contributed by atoms with Crippen molar-refractivity contribution < 1.29 is 19.8 Å². The number of thiophene rings is 1. The van der Waals surface area contributed by atoms with E-state index in [0.29, 0.717) is 0 Å². The smallest absolute Gasteiger partial charge is 0.328 e. The lowest BCUT2D eigenvalue weighted by Gasteiger charge is -2.11. The van der Waals surface area contributed by atoms with Crippen LogP contribution in [-0.2, 0) is 16.0 Å². The van der Waals surface area contributed by atoms with E-state index in [1.807, 2.05) is 29.6 Å². The van der Waals surface area contributed by atoms with Gasteiger partial charge in [-0.05, 0) is 22.4 Å². The topological polar surface area (TPSA) is 86.6 Å². The van der Waals surface area contributed by atoms with Crippen molar-refractivity contribution in [2.75, 3.05) is 6.61 Å². The first-order valence-electron chi connectivity index (χ1n) is 5.70. The van der Waals surface area contributed by atoms with E-state index >= 15 is 0 Å². The Labute approximate surface area is 113 Å². The van der Waals surface area contributed by atoms with Crippen LogP contribution in [0.25, 0.3) is 10.1 Å². The summed E-state index contributed by atoms with van der Waals surface area (Å²) in [4.78, 5) is 22.5. The number of carbonyl (C=O) groups excluding carboxylic acids is 1. The molecule has 1 aromatic heterocycles. The van der Waals surface area contributed by atoms with Crippen LogP contribution in [0.3, 0.4) is 0 Å². The first-order chi connectivity index (χ1) is 9.11. The SMILES string of the molecule is O=C(Cc1csc2ccccc12)N[C@@H](CO)C(=O)O. The molecule has 2 rings (SSSR count). The third-order valence-electron chi connectivity index (χ3n) is 2.73. The molecule has 0 radical (unpaired) electrons. The summed E-state index contributed by atoms with van der Waals surface area (Å²) in [5.74, 6) is -1.66. The maximum absolute atomic E-state index is 11.7. The fraction of sp³-hybridized carbons (Fsp3) is 0.231. The number of carboxylic acid groups (broad SMARTS) is 1. The van der Waals surface area contributed by atoms with Gasteiger partial charge in [0.15, 0.2) is 0 Å². The molecular formula is C13H13NO4S. The predicted octanol–water partition coefficient (Wildman–Crippen LogP) is 1.01. The van der Waals surface area contributed by atoms with Crippen molar-refractivity contribution in [3.05, 3.63) is 35.2 Å². The monoisotopic (exact) mass is 279 g/mol. The van der Waals surface area contributed by atoms with Crippen molar-refractivity contribution in [1.29, 1.82) is 0 Å². The molecule has 1 amide bonds. The number of hydrogen-bond donors (Lipinski definition) is 3. The molecule has 0 saturated heterocycles. The fourth-order valence-corrected chi connectivity index (χ4v) is 2.74. The number of rotatable bonds is 5. The number of hydrogen-bond acceptors (Lipinski definition) is 4. The summed E-state index contributed by atoms with van der Waals surface area (Å²) in [5.41, 5.74) is 0.861. The van der Waals surface area contributed by atoms with Gasteiger partial charge >= 0.3 is 5.97 Å². The lowest BCUT2D eigenvalue weighted by atomic mass is 10.1. The summed E-state index contributed by atoms with van der Waals surface area (Å²) in [6.07, 6.45) is 0.105. The van der Waals surface area contributed by atoms with Crippen LogP contribution < -0.4 is 5.32 Å². The zero-order valence-corrected chi connectivity index (χ0v) is 10.8. The average Bonchev–Trinajstić information content (AvgIpc) is 2.79. The third kappa shape index (κ3) is 3.10. The number of nitrogens with one attached hydrogen (secondary N) is 1. The maximum atomic E-state index is 11.7. The molecule has 1 heterocycles. The van der Waals surface area contributed by atoms with Crippen LogP contribution in [0.15, 0.2) is 29.6 Å². The van der Waals surface area contributed by atoms with Crippen LogP contribution in [-0.4, -0.2) is 34.7 Å². The van der Waals surface area contributed by atoms with E-state index in [4.69, 9.17) is 10.2 Å². The molecule has 0 unspecified atom stereocenters. The predicted molar refractivity (Wildman–Crippen MR) is 72.2 cm³/mol. The summed E-state index contributed by atoms with van der Waals surface area (Å²) in [6.45, 7) is -0.620. The Morgan fingerprint density at radius 3 is 2.74 bits per heavy atom. The standard InChI is InChI=1S/C13H13NO4S/c15-6-10(13(17)18)14-12(16)5-8-7-19-11-4-2-1-3-9(8)11/h1-4,7,10,15H,5-6H2,(H,14,16)(H,17,18)/t10-/m0/s1. The van der Waals surface area contributed by atoms with Crippen molar-refractivity contribution in [3.8, 4) is 0 Å². The van der Waals surface area contributed by atoms with Crippen LogP contribution >= 0.6 is 11.3 Å². The Morgan fingerprint density at radius 1 is 1.32 bits per heavy atom. The molecule has 0 saturated carbocycles. The highest BCUT2D eigenvalue weighted by atomic mass is 32.1. The van der Waals surface area contributed by atoms with Crippen molar-refractivity contribution in [2.45, 2.75) is 12.5 Å². The van der Waals surface area contributed by atoms with Crippen molar-refractivity contribution >= 4 is 33.3 Å². The van der Waals surface area contributed by atoms with Crippen LogP contribution in [0, 0.1) is 0 Å². The van der Waals surface area contributed by atoms with Crippen LogP contribution in [0.1, 0.15) is 5.56 Å². The van der Waals surface area contributed by atoms with Crippen LogP contribution in [0.4, 0.5) is 0 Å². The van der Waals surface area contributed by atoms with Gasteiger partial charge in [-0.2, -0.15) is 0 Å². The molecule has 0 spiro atoms. The number of carboxylic acids is 1. The molecule has 3 N–H and O–H groups in total. The van der Waals surface area contributed by atoms with Crippen molar-refractivity contribution in [1.82, 2.24) is 5.32 Å². The summed E-state index contributed by atoms with van der Waals surface area (Å²) >= 11 is 1.54. The second kappa shape index (κ2) is 5.81. The minimum Gasteiger partial charge on any atom is -0.480 e. The Hall–Kier alpha value is -1.92. The molecule has 6 heteroatoms. The van der Waals surface area contributed by atoms with Gasteiger partial charge in [-0.25, -0.2) is 4.79 Å². The molecular weight excluding hydrogens is 266 g/mol. The van der Waals surface area contributed by atoms with Gasteiger partial charge in [0.2, 0.25) is 5.91 Å². The molecule has 2 aromatic rings. The first kappa shape index (κ1) is 13.5. The normalized spacial score (nSPS) is 12.3. The Balaban J connectivity index is 2.09. The Bertz CT molecular complexity index is 607. The summed E-state index contributed by atoms with van der Waals surface area (Å²) in [7, 11) is 0. The number of benzene rings is 1. The van der Waals surface area contributed by atoms with Crippen molar-refractivity contribution in [2.24, 2.45) is 0 Å². The zero-order valence-electron chi connectivity index (χ0n) is 10.00. The third-order valence-corrected chi connectivity index (χ3v) is 3.74. The van der Waals surface area contributed by atoms with Gasteiger partial charge in [0.05, 0.1) is 13.0 Å². The van der Waals surface area contributed by atoms with E-state index in [1.54, 1.807) is 11.3 Å². The molecule has 0 aliphatic rings. The maximum Gasteiger partial charge on any atom is 0.328 e. The summed E-state index contributed by atoms with van der Waals surface area (Å²) in [5, 5.41) is 22.8. The fourth-order valence-electron chi connectivity index (χ4n) is 1.77. The lowest BCUT2D eigenvalue weighted by Crippen LogP contribution is -2.43. The van der Waals surface area contributed by atoms with Crippen molar-refractivity contribution in [3.63, 3.8) is 0 Å². The number of aliphatic hydroxyl groups excluding tert-OH is 1. The number of aliphatic hydroxyl groups is 1. The van der Waals surface area contributed by atoms with E-state index in [9.17, 15) is 9.59 Å². The Kier molecular flexibility index (Phi) is 4.13. The van der Waals surface area contributed by atoms with E-state index in [2.05, 4.69) is 5.32 Å². The largest absolute Gasteiger partial charge is 0.480 e. The highest BCUT2D eigenvalue weighted by Crippen LogP contribution is 2.25. The molecule has 1 atom stereocenters. The van der Waals surface area contributed by atoms with Gasteiger partial charge < -0.3 is 15.5 Å². The van der Waals surface area contributed by atoms with E-state index in [-0.39, 0.29) is 6.42 Å². The molecule has 0 aliphatic carbocycles. The van der Waals surface area contributed by atoms with Gasteiger partial charge in [-0.3, -0.25) is 4.79 Å². The summed E-state index contributed by atoms with van der Waals surface area (Å²) < 4.78 is 1.09. The Morgan fingerprint density at radius 2 is 2.05 bits per heavy atom. The highest BCUT2D eigenvalue weighted by Gasteiger charge is 2.19. The van der Waals surface area contributed by atoms with E-state index in [1.165, 1.54) is 0 Å². The molecule has 5 nitrogen and oxygen atoms in total. The molecule has 0 aliphatic heterocycles. The number of amides is 1. The number of fused-ring (bicyclic) bond motifs is 1. The minimum atomic E-state index is -1.25. The van der Waals surface area contributed by atoms with Crippen LogP contribution in [0.2, 0.25) is 0 Å². The average molecular weight is 279 g/mol. The molecule has 1 aromatic carbocycles. The summed E-state index contributed by atoms with van der Waals surface area (Å²) in [6, 6.07) is 6.46. The van der Waals surface area contributed by atoms with Gasteiger partial charge in [0.25, 0.3) is 0 Å². The second-order valence-electron chi connectivity index (χ2n) is 4.07. The van der Waals surface area contributed by atoms with Gasteiger partial charge in [-0.15, -0.1) is 11.3 Å². The molecule has 19 heavy (non-hydrogen) atoms. The lowest BCUT2D eigenvalue weighted by molar-refractivity contribution is -0.142. The van der Waals surface area contributed by atoms with Gasteiger partial charge in [0.1, 0.15) is 6.04 Å². The quantitative estimate of drug-likeness (QED) is 0.762. The van der Waals surface area contributed by atoms with E-state index < -0.39 is 24.5 Å². The molecule has 0 bridgehead atoms.